The molecular weight excluding hydrogens is 333 g/mol. The molecule has 0 aromatic heterocycles. The zero-order valence-electron chi connectivity index (χ0n) is 13.7. The summed E-state index contributed by atoms with van der Waals surface area (Å²) in [6.45, 7) is 6.41. The predicted octanol–water partition coefficient (Wildman–Crippen LogP) is 5.30. The summed E-state index contributed by atoms with van der Waals surface area (Å²) in [5.74, 6) is 0.670. The number of nitrogens with zero attached hydrogens (tertiary/aromatic N) is 1. The van der Waals surface area contributed by atoms with Crippen molar-refractivity contribution in [3.63, 3.8) is 0 Å². The van der Waals surface area contributed by atoms with E-state index in [0.717, 1.165) is 24.8 Å². The van der Waals surface area contributed by atoms with Crippen LogP contribution in [0.1, 0.15) is 51.5 Å². The second-order valence-corrected chi connectivity index (χ2v) is 8.30. The van der Waals surface area contributed by atoms with Crippen molar-refractivity contribution in [3.05, 3.63) is 33.8 Å². The topological polar surface area (TPSA) is 29.5 Å². The van der Waals surface area contributed by atoms with Gasteiger partial charge >= 0.3 is 6.09 Å². The molecule has 2 saturated heterocycles. The average Bonchev–Trinajstić information content (AvgIpc) is 2.46. The normalized spacial score (nSPS) is 27.2. The first-order chi connectivity index (χ1) is 10.8. The Kier molecular flexibility index (Phi) is 4.54. The highest BCUT2D eigenvalue weighted by atomic mass is 35.5. The third-order valence-electron chi connectivity index (χ3n) is 4.77. The Morgan fingerprint density at radius 1 is 1.35 bits per heavy atom. The van der Waals surface area contributed by atoms with Crippen molar-refractivity contribution < 1.29 is 9.53 Å². The average molecular weight is 355 g/mol. The lowest BCUT2D eigenvalue weighted by Crippen LogP contribution is -2.54. The molecule has 0 N–H and O–H groups in total. The van der Waals surface area contributed by atoms with Crippen LogP contribution in [0.15, 0.2) is 12.1 Å². The quantitative estimate of drug-likeness (QED) is 0.684. The lowest BCUT2D eigenvalue weighted by atomic mass is 9.69. The van der Waals surface area contributed by atoms with Gasteiger partial charge < -0.3 is 9.64 Å². The van der Waals surface area contributed by atoms with Gasteiger partial charge in [0.15, 0.2) is 0 Å². The van der Waals surface area contributed by atoms with Crippen LogP contribution < -0.4 is 0 Å². The van der Waals surface area contributed by atoms with E-state index in [9.17, 15) is 4.79 Å². The summed E-state index contributed by atoms with van der Waals surface area (Å²) >= 11 is 12.7. The van der Waals surface area contributed by atoms with Gasteiger partial charge in [0.2, 0.25) is 0 Å². The summed E-state index contributed by atoms with van der Waals surface area (Å²) in [6, 6.07) is 6.84. The number of amides is 1. The molecule has 3 unspecified atom stereocenters. The molecule has 3 fully saturated rings. The van der Waals surface area contributed by atoms with Crippen molar-refractivity contribution in [2.45, 2.75) is 57.6 Å². The van der Waals surface area contributed by atoms with Crippen molar-refractivity contribution in [2.75, 3.05) is 6.54 Å². The molecule has 1 aromatic carbocycles. The smallest absolute Gasteiger partial charge is 0.410 e. The monoisotopic (exact) mass is 354 g/mol. The molecule has 2 bridgehead atoms. The molecule has 5 heteroatoms. The molecule has 1 saturated carbocycles. The zero-order chi connectivity index (χ0) is 16.8. The summed E-state index contributed by atoms with van der Waals surface area (Å²) in [5.41, 5.74) is 0.531. The Morgan fingerprint density at radius 2 is 2.09 bits per heavy atom. The number of benzene rings is 1. The Hall–Kier alpha value is -0.930. The lowest BCUT2D eigenvalue weighted by Gasteiger charge is -2.49. The molecule has 3 atom stereocenters. The fraction of sp³-hybridized carbons (Fsp3) is 0.611. The molecule has 1 aromatic rings. The van der Waals surface area contributed by atoms with Crippen LogP contribution in [0, 0.1) is 12.0 Å². The molecular formula is C18H22Cl2NO2. The Labute approximate surface area is 147 Å². The minimum Gasteiger partial charge on any atom is -0.444 e. The van der Waals surface area contributed by atoms with E-state index in [1.807, 2.05) is 31.7 Å². The standard InChI is InChI=1S/C18H22Cl2NO2/c1-18(2,3)23-17(22)21-10-11-7-8-12(21)9-13(11)16-14(19)5-4-6-15(16)20/h4-5,11-13H,7-10H2,1-3H3. The fourth-order valence-corrected chi connectivity index (χ4v) is 4.46. The lowest BCUT2D eigenvalue weighted by molar-refractivity contribution is -0.0179. The van der Waals surface area contributed by atoms with E-state index in [1.165, 1.54) is 0 Å². The van der Waals surface area contributed by atoms with Crippen LogP contribution in [0.3, 0.4) is 0 Å². The molecule has 4 rings (SSSR count). The third-order valence-corrected chi connectivity index (χ3v) is 5.41. The maximum atomic E-state index is 12.4. The SMILES string of the molecule is CC(C)(C)OC(=O)N1CC2CCC1CC2c1c(Cl)[c]ccc1Cl. The van der Waals surface area contributed by atoms with Gasteiger partial charge in [-0.15, -0.1) is 0 Å². The number of ether oxygens (including phenoxy) is 1. The molecule has 2 heterocycles. The van der Waals surface area contributed by atoms with Crippen LogP contribution in [0.2, 0.25) is 10.0 Å². The van der Waals surface area contributed by atoms with Crippen LogP contribution in [0.25, 0.3) is 0 Å². The maximum absolute atomic E-state index is 12.4. The minimum absolute atomic E-state index is 0.201. The zero-order valence-corrected chi connectivity index (χ0v) is 15.2. The van der Waals surface area contributed by atoms with Gasteiger partial charge in [-0.25, -0.2) is 4.79 Å². The van der Waals surface area contributed by atoms with E-state index < -0.39 is 5.60 Å². The fourth-order valence-electron chi connectivity index (χ4n) is 3.81. The third kappa shape index (κ3) is 3.46. The van der Waals surface area contributed by atoms with E-state index in [1.54, 1.807) is 6.07 Å². The molecule has 0 spiro atoms. The Morgan fingerprint density at radius 3 is 2.65 bits per heavy atom. The first-order valence-corrected chi connectivity index (χ1v) is 8.87. The number of halogens is 2. The first-order valence-electron chi connectivity index (χ1n) is 8.11. The maximum Gasteiger partial charge on any atom is 0.410 e. The van der Waals surface area contributed by atoms with Gasteiger partial charge in [-0.1, -0.05) is 29.3 Å². The number of piperidine rings is 2. The second-order valence-electron chi connectivity index (χ2n) is 7.52. The second kappa shape index (κ2) is 6.18. The molecule has 1 radical (unpaired) electrons. The largest absolute Gasteiger partial charge is 0.444 e. The molecule has 3 nitrogen and oxygen atoms in total. The van der Waals surface area contributed by atoms with E-state index in [2.05, 4.69) is 6.07 Å². The van der Waals surface area contributed by atoms with Crippen LogP contribution in [-0.4, -0.2) is 29.2 Å². The highest BCUT2D eigenvalue weighted by Crippen LogP contribution is 2.48. The van der Waals surface area contributed by atoms with E-state index in [4.69, 9.17) is 27.9 Å². The van der Waals surface area contributed by atoms with Crippen LogP contribution >= 0.6 is 23.2 Å². The van der Waals surface area contributed by atoms with Crippen molar-refractivity contribution >= 4 is 29.3 Å². The van der Waals surface area contributed by atoms with Gasteiger partial charge in [-0.2, -0.15) is 0 Å². The number of hydrogen-bond acceptors (Lipinski definition) is 2. The van der Waals surface area contributed by atoms with Gasteiger partial charge in [-0.05, 0) is 63.5 Å². The Bertz CT molecular complexity index is 591. The van der Waals surface area contributed by atoms with Gasteiger partial charge in [0.25, 0.3) is 0 Å². The Balaban J connectivity index is 1.79. The highest BCUT2D eigenvalue weighted by Gasteiger charge is 2.45. The number of fused-ring (bicyclic) bond motifs is 3. The van der Waals surface area contributed by atoms with Crippen molar-refractivity contribution in [1.82, 2.24) is 4.90 Å². The first kappa shape index (κ1) is 16.9. The van der Waals surface area contributed by atoms with Crippen LogP contribution in [0.5, 0.6) is 0 Å². The summed E-state index contributed by atoms with van der Waals surface area (Å²) < 4.78 is 5.55. The summed E-state index contributed by atoms with van der Waals surface area (Å²) in [7, 11) is 0. The molecule has 2 aliphatic heterocycles. The minimum atomic E-state index is -0.464. The summed E-state index contributed by atoms with van der Waals surface area (Å²) in [6.07, 6.45) is 2.80. The van der Waals surface area contributed by atoms with E-state index in [-0.39, 0.29) is 12.1 Å². The molecule has 23 heavy (non-hydrogen) atoms. The van der Waals surface area contributed by atoms with Gasteiger partial charge in [0.1, 0.15) is 5.60 Å². The molecule has 1 aliphatic carbocycles. The molecule has 125 valence electrons. The van der Waals surface area contributed by atoms with Crippen LogP contribution in [-0.2, 0) is 4.74 Å². The van der Waals surface area contributed by atoms with Crippen molar-refractivity contribution in [1.29, 1.82) is 0 Å². The highest BCUT2D eigenvalue weighted by molar-refractivity contribution is 6.36. The molecule has 1 amide bonds. The van der Waals surface area contributed by atoms with Crippen molar-refractivity contribution in [3.8, 4) is 0 Å². The van der Waals surface area contributed by atoms with Gasteiger partial charge in [0, 0.05) is 23.7 Å². The predicted molar refractivity (Wildman–Crippen MR) is 92.1 cm³/mol. The molecule has 3 aliphatic rings. The number of hydrogen-bond donors (Lipinski definition) is 0. The van der Waals surface area contributed by atoms with Crippen LogP contribution in [0.4, 0.5) is 4.79 Å². The summed E-state index contributed by atoms with van der Waals surface area (Å²) in [5, 5.41) is 1.31. The van der Waals surface area contributed by atoms with Gasteiger partial charge in [0.05, 0.1) is 5.02 Å². The summed E-state index contributed by atoms with van der Waals surface area (Å²) in [4.78, 5) is 14.3. The van der Waals surface area contributed by atoms with Gasteiger partial charge in [-0.3, -0.25) is 0 Å². The number of rotatable bonds is 1. The van der Waals surface area contributed by atoms with Crippen molar-refractivity contribution in [2.24, 2.45) is 5.92 Å². The van der Waals surface area contributed by atoms with E-state index in [0.29, 0.717) is 28.4 Å². The number of carbonyl (C=O) groups excluding carboxylic acids is 1. The van der Waals surface area contributed by atoms with E-state index >= 15 is 0 Å². The number of carbonyl (C=O) groups is 1.